The average molecular weight is 417 g/mol. The molecule has 6 nitrogen and oxygen atoms in total. The van der Waals surface area contributed by atoms with Crippen LogP contribution in [0.25, 0.3) is 0 Å². The Labute approximate surface area is 175 Å². The molecule has 2 aromatic rings. The molecule has 7 heteroatoms. The van der Waals surface area contributed by atoms with Gasteiger partial charge in [-0.15, -0.1) is 0 Å². The van der Waals surface area contributed by atoms with Gasteiger partial charge in [0.2, 0.25) is 0 Å². The number of benzene rings is 1. The lowest BCUT2D eigenvalue weighted by atomic mass is 9.93. The Morgan fingerprint density at radius 1 is 1.24 bits per heavy atom. The first-order valence-electron chi connectivity index (χ1n) is 9.77. The number of ketones is 1. The third-order valence-corrected chi connectivity index (χ3v) is 5.33. The van der Waals surface area contributed by atoms with E-state index in [1.54, 1.807) is 45.0 Å². The van der Waals surface area contributed by atoms with Gasteiger partial charge >= 0.3 is 5.97 Å². The van der Waals surface area contributed by atoms with Crippen molar-refractivity contribution in [3.8, 4) is 0 Å². The van der Waals surface area contributed by atoms with Crippen molar-refractivity contribution in [2.75, 3.05) is 0 Å². The maximum absolute atomic E-state index is 13.0. The number of Topliss-reactive ketones (excluding diaryl/α,β-unsaturated/α-hetero) is 1. The molecule has 2 N–H and O–H groups in total. The SMILES string of the molecule is Cc1c(C(=O)N[C@@H](CC(=O)OC(C)C)c2ccccc2Cl)[nH]c2c1C(=O)CCC2. The molecule has 3 rings (SSSR count). The van der Waals surface area contributed by atoms with Gasteiger partial charge in [-0.3, -0.25) is 14.4 Å². The molecule has 0 spiro atoms. The molecule has 29 heavy (non-hydrogen) atoms. The number of aromatic nitrogens is 1. The molecule has 0 bridgehead atoms. The molecular formula is C22H25ClN2O4. The van der Waals surface area contributed by atoms with Crippen LogP contribution in [0, 0.1) is 6.92 Å². The van der Waals surface area contributed by atoms with Gasteiger partial charge in [-0.1, -0.05) is 29.8 Å². The number of esters is 1. The van der Waals surface area contributed by atoms with Crippen molar-refractivity contribution in [2.24, 2.45) is 0 Å². The zero-order valence-electron chi connectivity index (χ0n) is 16.8. The Bertz CT molecular complexity index is 948. The quantitative estimate of drug-likeness (QED) is 0.687. The van der Waals surface area contributed by atoms with Crippen LogP contribution < -0.4 is 5.32 Å². The van der Waals surface area contributed by atoms with Crippen LogP contribution in [-0.4, -0.2) is 28.7 Å². The van der Waals surface area contributed by atoms with Gasteiger partial charge in [0.05, 0.1) is 18.6 Å². The van der Waals surface area contributed by atoms with E-state index >= 15 is 0 Å². The molecule has 1 aromatic carbocycles. The summed E-state index contributed by atoms with van der Waals surface area (Å²) < 4.78 is 5.25. The van der Waals surface area contributed by atoms with Crippen LogP contribution in [0.5, 0.6) is 0 Å². The molecule has 0 radical (unpaired) electrons. The second kappa shape index (κ2) is 8.82. The van der Waals surface area contributed by atoms with Crippen LogP contribution >= 0.6 is 11.6 Å². The van der Waals surface area contributed by atoms with Crippen molar-refractivity contribution >= 4 is 29.3 Å². The molecule has 1 aliphatic carbocycles. The topological polar surface area (TPSA) is 88.3 Å². The van der Waals surface area contributed by atoms with Crippen molar-refractivity contribution in [2.45, 2.75) is 58.6 Å². The van der Waals surface area contributed by atoms with Gasteiger partial charge < -0.3 is 15.0 Å². The number of aromatic amines is 1. The van der Waals surface area contributed by atoms with Crippen molar-refractivity contribution in [3.05, 3.63) is 57.4 Å². The van der Waals surface area contributed by atoms with Gasteiger partial charge in [-0.2, -0.15) is 0 Å². The fraction of sp³-hybridized carbons (Fsp3) is 0.409. The van der Waals surface area contributed by atoms with Crippen LogP contribution in [0.2, 0.25) is 5.02 Å². The molecule has 1 atom stereocenters. The van der Waals surface area contributed by atoms with E-state index in [1.165, 1.54) is 0 Å². The van der Waals surface area contributed by atoms with E-state index in [4.69, 9.17) is 16.3 Å². The minimum Gasteiger partial charge on any atom is -0.463 e. The maximum Gasteiger partial charge on any atom is 0.308 e. The van der Waals surface area contributed by atoms with Crippen LogP contribution in [0.15, 0.2) is 24.3 Å². The summed E-state index contributed by atoms with van der Waals surface area (Å²) >= 11 is 6.31. The van der Waals surface area contributed by atoms with E-state index in [2.05, 4.69) is 10.3 Å². The number of ether oxygens (including phenoxy) is 1. The largest absolute Gasteiger partial charge is 0.463 e. The summed E-state index contributed by atoms with van der Waals surface area (Å²) in [5.74, 6) is -0.753. The molecule has 0 unspecified atom stereocenters. The first-order valence-corrected chi connectivity index (χ1v) is 10.1. The second-order valence-corrected chi connectivity index (χ2v) is 7.95. The molecular weight excluding hydrogens is 392 g/mol. The van der Waals surface area contributed by atoms with Crippen LogP contribution in [0.4, 0.5) is 0 Å². The lowest BCUT2D eigenvalue weighted by Crippen LogP contribution is -2.32. The number of carbonyl (C=O) groups excluding carboxylic acids is 3. The summed E-state index contributed by atoms with van der Waals surface area (Å²) in [5, 5.41) is 3.34. The molecule has 0 aliphatic heterocycles. The van der Waals surface area contributed by atoms with Gasteiger partial charge in [0.25, 0.3) is 5.91 Å². The molecule has 0 saturated carbocycles. The van der Waals surface area contributed by atoms with Gasteiger partial charge in [0.15, 0.2) is 5.78 Å². The molecule has 1 heterocycles. The Morgan fingerprint density at radius 2 is 1.97 bits per heavy atom. The van der Waals surface area contributed by atoms with Crippen molar-refractivity contribution in [3.63, 3.8) is 0 Å². The Hall–Kier alpha value is -2.60. The number of amides is 1. The number of fused-ring (bicyclic) bond motifs is 1. The minimum atomic E-state index is -0.655. The fourth-order valence-corrected chi connectivity index (χ4v) is 3.97. The lowest BCUT2D eigenvalue weighted by molar-refractivity contribution is -0.147. The Kier molecular flexibility index (Phi) is 6.42. The maximum atomic E-state index is 13.0. The highest BCUT2D eigenvalue weighted by molar-refractivity contribution is 6.31. The smallest absolute Gasteiger partial charge is 0.308 e. The summed E-state index contributed by atoms with van der Waals surface area (Å²) in [6.45, 7) is 5.31. The Morgan fingerprint density at radius 3 is 2.62 bits per heavy atom. The van der Waals surface area contributed by atoms with Gasteiger partial charge in [-0.25, -0.2) is 0 Å². The fourth-order valence-electron chi connectivity index (χ4n) is 3.71. The van der Waals surface area contributed by atoms with Gasteiger partial charge in [-0.05, 0) is 50.8 Å². The summed E-state index contributed by atoms with van der Waals surface area (Å²) in [5.41, 5.74) is 3.05. The molecule has 0 saturated heterocycles. The van der Waals surface area contributed by atoms with Crippen LogP contribution in [0.3, 0.4) is 0 Å². The predicted molar refractivity (Wildman–Crippen MR) is 110 cm³/mol. The highest BCUT2D eigenvalue weighted by atomic mass is 35.5. The molecule has 1 aromatic heterocycles. The average Bonchev–Trinajstić information content (AvgIpc) is 2.99. The van der Waals surface area contributed by atoms with Crippen LogP contribution in [0.1, 0.15) is 76.8 Å². The summed E-state index contributed by atoms with van der Waals surface area (Å²) in [7, 11) is 0. The third kappa shape index (κ3) is 4.70. The van der Waals surface area contributed by atoms with E-state index in [0.717, 1.165) is 18.5 Å². The Balaban J connectivity index is 1.88. The number of rotatable bonds is 6. The predicted octanol–water partition coefficient (Wildman–Crippen LogP) is 4.31. The molecule has 1 amide bonds. The lowest BCUT2D eigenvalue weighted by Gasteiger charge is -2.20. The van der Waals surface area contributed by atoms with E-state index in [9.17, 15) is 14.4 Å². The van der Waals surface area contributed by atoms with Gasteiger partial charge in [0.1, 0.15) is 5.69 Å². The molecule has 1 aliphatic rings. The summed E-state index contributed by atoms with van der Waals surface area (Å²) in [6, 6.07) is 6.41. The summed E-state index contributed by atoms with van der Waals surface area (Å²) in [4.78, 5) is 40.7. The molecule has 0 fully saturated rings. The standard InChI is InChI=1S/C22H25ClN2O4/c1-12(2)29-19(27)11-17(14-7-4-5-8-15(14)23)25-22(28)21-13(3)20-16(24-21)9-6-10-18(20)26/h4-5,7-8,12,17,24H,6,9-11H2,1-3H3,(H,25,28)/t17-/m0/s1. The van der Waals surface area contributed by atoms with Crippen molar-refractivity contribution < 1.29 is 19.1 Å². The number of carbonyl (C=O) groups is 3. The number of aryl methyl sites for hydroxylation is 1. The van der Waals surface area contributed by atoms with E-state index in [1.807, 2.05) is 0 Å². The number of halogens is 1. The highest BCUT2D eigenvalue weighted by Gasteiger charge is 2.28. The van der Waals surface area contributed by atoms with Gasteiger partial charge in [0, 0.05) is 22.7 Å². The van der Waals surface area contributed by atoms with Crippen molar-refractivity contribution in [1.82, 2.24) is 10.3 Å². The normalized spacial score (nSPS) is 14.4. The summed E-state index contributed by atoms with van der Waals surface area (Å²) in [6.07, 6.45) is 1.70. The van der Waals surface area contributed by atoms with E-state index in [0.29, 0.717) is 33.8 Å². The zero-order valence-corrected chi connectivity index (χ0v) is 17.6. The zero-order chi connectivity index (χ0) is 21.1. The number of hydrogen-bond donors (Lipinski definition) is 2. The minimum absolute atomic E-state index is 0.0495. The third-order valence-electron chi connectivity index (χ3n) is 4.99. The number of nitrogens with one attached hydrogen (secondary N) is 2. The first-order chi connectivity index (χ1) is 13.8. The van der Waals surface area contributed by atoms with E-state index < -0.39 is 12.0 Å². The monoisotopic (exact) mass is 416 g/mol. The second-order valence-electron chi connectivity index (χ2n) is 7.55. The van der Waals surface area contributed by atoms with E-state index in [-0.39, 0.29) is 24.2 Å². The highest BCUT2D eigenvalue weighted by Crippen LogP contribution is 2.29. The van der Waals surface area contributed by atoms with Crippen molar-refractivity contribution in [1.29, 1.82) is 0 Å². The van der Waals surface area contributed by atoms with Crippen LogP contribution in [-0.2, 0) is 16.0 Å². The number of H-pyrrole nitrogens is 1. The molecule has 154 valence electrons. The first kappa shape index (κ1) is 21.1. The number of hydrogen-bond acceptors (Lipinski definition) is 4.